The molecule has 0 saturated carbocycles. The van der Waals surface area contributed by atoms with E-state index in [1.807, 2.05) is 31.3 Å². The number of ether oxygens (including phenoxy) is 2. The van der Waals surface area contributed by atoms with Crippen molar-refractivity contribution >= 4 is 33.8 Å². The minimum absolute atomic E-state index is 0.135. The first-order chi connectivity index (χ1) is 21.1. The Labute approximate surface area is 257 Å². The Bertz CT molecular complexity index is 1650. The van der Waals surface area contributed by atoms with Gasteiger partial charge in [-0.1, -0.05) is 19.9 Å². The topological polar surface area (TPSA) is 75.6 Å². The highest BCUT2D eigenvalue weighted by molar-refractivity contribution is 5.99. The third-order valence-corrected chi connectivity index (χ3v) is 8.23. The number of anilines is 4. The maximum atomic E-state index is 15.6. The normalized spacial score (nSPS) is 18.7. The number of aromatic nitrogens is 3. The van der Waals surface area contributed by atoms with Crippen molar-refractivity contribution in [2.24, 2.45) is 5.92 Å². The highest BCUT2D eigenvalue weighted by atomic mass is 19.1. The van der Waals surface area contributed by atoms with E-state index in [2.05, 4.69) is 58.8 Å². The number of pyridine rings is 3. The molecule has 6 rings (SSSR count). The summed E-state index contributed by atoms with van der Waals surface area (Å²) < 4.78 is 42.1. The van der Waals surface area contributed by atoms with Gasteiger partial charge >= 0.3 is 0 Å². The van der Waals surface area contributed by atoms with E-state index in [0.29, 0.717) is 54.9 Å². The fourth-order valence-electron chi connectivity index (χ4n) is 6.23. The first kappa shape index (κ1) is 30.1. The van der Waals surface area contributed by atoms with E-state index in [1.54, 1.807) is 6.20 Å². The first-order valence-electron chi connectivity index (χ1n) is 15.3. The van der Waals surface area contributed by atoms with Crippen molar-refractivity contribution in [1.29, 1.82) is 0 Å². The molecule has 10 heteroatoms. The number of morpholine rings is 2. The van der Waals surface area contributed by atoms with E-state index in [0.717, 1.165) is 42.8 Å². The van der Waals surface area contributed by atoms with Crippen LogP contribution in [0.5, 0.6) is 0 Å². The van der Waals surface area contributed by atoms with E-state index >= 15 is 4.39 Å². The molecule has 2 aliphatic rings. The van der Waals surface area contributed by atoms with Gasteiger partial charge in [0.05, 0.1) is 70.5 Å². The zero-order valence-electron chi connectivity index (χ0n) is 26.0. The van der Waals surface area contributed by atoms with Crippen LogP contribution in [0, 0.1) is 24.5 Å². The minimum Gasteiger partial charge on any atom is -0.375 e. The Morgan fingerprint density at radius 2 is 1.89 bits per heavy atom. The molecular weight excluding hydrogens is 562 g/mol. The van der Waals surface area contributed by atoms with Gasteiger partial charge in [-0.25, -0.2) is 18.7 Å². The molecule has 0 spiro atoms. The van der Waals surface area contributed by atoms with Crippen LogP contribution in [0.15, 0.2) is 48.8 Å². The summed E-state index contributed by atoms with van der Waals surface area (Å²) in [6.45, 7) is 14.4. The van der Waals surface area contributed by atoms with Gasteiger partial charge in [0.1, 0.15) is 11.6 Å². The van der Waals surface area contributed by atoms with Gasteiger partial charge in [0.2, 0.25) is 0 Å². The van der Waals surface area contributed by atoms with Crippen molar-refractivity contribution in [1.82, 2.24) is 15.0 Å². The van der Waals surface area contributed by atoms with Gasteiger partial charge in [0, 0.05) is 50.1 Å². The van der Waals surface area contributed by atoms with Crippen LogP contribution in [0.3, 0.4) is 0 Å². The maximum absolute atomic E-state index is 15.6. The quantitative estimate of drug-likeness (QED) is 0.245. The molecule has 8 nitrogen and oxygen atoms in total. The summed E-state index contributed by atoms with van der Waals surface area (Å²) in [5, 5.41) is 3.78. The SMILES string of the molecule is Cc1c(-c2ccccn2)nc2cc(F)cc(F)c2c1Nc1cc(N2CCOC(CC(C)C)C2)cnc1N1CCOC(C)(C)C1. The number of fused-ring (bicyclic) bond motifs is 1. The molecule has 1 aromatic carbocycles. The second-order valence-corrected chi connectivity index (χ2v) is 12.7. The molecule has 2 fully saturated rings. The van der Waals surface area contributed by atoms with E-state index in [1.165, 1.54) is 6.07 Å². The van der Waals surface area contributed by atoms with Gasteiger partial charge in [0.25, 0.3) is 0 Å². The molecular formula is C34H40F2N6O2. The predicted octanol–water partition coefficient (Wildman–Crippen LogP) is 6.89. The van der Waals surface area contributed by atoms with Crippen molar-refractivity contribution in [3.8, 4) is 11.4 Å². The lowest BCUT2D eigenvalue weighted by atomic mass is 10.0. The summed E-state index contributed by atoms with van der Waals surface area (Å²) in [4.78, 5) is 18.7. The van der Waals surface area contributed by atoms with Crippen LogP contribution in [0.25, 0.3) is 22.3 Å². The average Bonchev–Trinajstić information content (AvgIpc) is 2.98. The van der Waals surface area contributed by atoms with Crippen LogP contribution in [-0.2, 0) is 9.47 Å². The molecule has 4 aromatic rings. The Kier molecular flexibility index (Phi) is 8.39. The van der Waals surface area contributed by atoms with Gasteiger partial charge < -0.3 is 24.6 Å². The van der Waals surface area contributed by atoms with Crippen molar-refractivity contribution in [2.75, 3.05) is 54.5 Å². The number of hydrogen-bond donors (Lipinski definition) is 1. The van der Waals surface area contributed by atoms with Crippen molar-refractivity contribution in [3.05, 3.63) is 66.0 Å². The number of nitrogens with one attached hydrogen (secondary N) is 1. The Hall–Kier alpha value is -3.89. The second kappa shape index (κ2) is 12.2. The zero-order valence-corrected chi connectivity index (χ0v) is 26.0. The van der Waals surface area contributed by atoms with E-state index in [-0.39, 0.29) is 22.6 Å². The molecule has 1 N–H and O–H groups in total. The molecule has 0 bridgehead atoms. The smallest absolute Gasteiger partial charge is 0.152 e. The van der Waals surface area contributed by atoms with E-state index in [4.69, 9.17) is 14.5 Å². The van der Waals surface area contributed by atoms with Gasteiger partial charge in [-0.2, -0.15) is 0 Å². The first-order valence-corrected chi connectivity index (χ1v) is 15.3. The summed E-state index contributed by atoms with van der Waals surface area (Å²) in [6, 6.07) is 9.78. The van der Waals surface area contributed by atoms with Gasteiger partial charge in [-0.3, -0.25) is 4.98 Å². The number of nitrogens with zero attached hydrogens (tertiary/aromatic N) is 5. The Balaban J connectivity index is 1.49. The molecule has 1 unspecified atom stereocenters. The lowest BCUT2D eigenvalue weighted by molar-refractivity contribution is -0.0278. The lowest BCUT2D eigenvalue weighted by Gasteiger charge is -2.40. The van der Waals surface area contributed by atoms with Crippen LogP contribution in [0.1, 0.15) is 39.7 Å². The zero-order chi connectivity index (χ0) is 31.0. The monoisotopic (exact) mass is 602 g/mol. The molecule has 2 saturated heterocycles. The fourth-order valence-corrected chi connectivity index (χ4v) is 6.23. The summed E-state index contributed by atoms with van der Waals surface area (Å²) in [6.07, 6.45) is 4.70. The van der Waals surface area contributed by atoms with E-state index in [9.17, 15) is 4.39 Å². The standard InChI is InChI=1S/C34H40F2N6O2/c1-21(2)14-25-19-41(10-12-43-25)24-17-29(33(38-18-24)42-11-13-44-34(4,5)20-42)40-32-22(3)31(27-8-6-7-9-37-27)39-28-16-23(35)15-26(36)30(28)32/h6-9,15-18,21,25H,10-14,19-20H2,1-5H3,(H,39,40). The van der Waals surface area contributed by atoms with Gasteiger partial charge in [-0.05, 0) is 51.3 Å². The van der Waals surface area contributed by atoms with Crippen molar-refractivity contribution < 1.29 is 18.3 Å². The predicted molar refractivity (Wildman–Crippen MR) is 171 cm³/mol. The van der Waals surface area contributed by atoms with Crippen LogP contribution in [0.4, 0.5) is 31.7 Å². The highest BCUT2D eigenvalue weighted by Gasteiger charge is 2.31. The van der Waals surface area contributed by atoms with Crippen LogP contribution < -0.4 is 15.1 Å². The van der Waals surface area contributed by atoms with Gasteiger partial charge in [0.15, 0.2) is 5.82 Å². The van der Waals surface area contributed by atoms with Crippen molar-refractivity contribution in [3.63, 3.8) is 0 Å². The number of benzene rings is 1. The molecule has 0 aliphatic carbocycles. The summed E-state index contributed by atoms with van der Waals surface area (Å²) in [5.74, 6) is -0.109. The third-order valence-electron chi connectivity index (χ3n) is 8.23. The average molecular weight is 603 g/mol. The van der Waals surface area contributed by atoms with Crippen LogP contribution >= 0.6 is 0 Å². The molecule has 0 amide bonds. The molecule has 0 radical (unpaired) electrons. The van der Waals surface area contributed by atoms with Crippen LogP contribution in [0.2, 0.25) is 0 Å². The number of rotatable bonds is 7. The lowest BCUT2D eigenvalue weighted by Crippen LogP contribution is -2.48. The maximum Gasteiger partial charge on any atom is 0.152 e. The Morgan fingerprint density at radius 3 is 2.64 bits per heavy atom. The summed E-state index contributed by atoms with van der Waals surface area (Å²) >= 11 is 0. The molecule has 5 heterocycles. The molecule has 44 heavy (non-hydrogen) atoms. The molecule has 232 valence electrons. The Morgan fingerprint density at radius 1 is 1.07 bits per heavy atom. The largest absolute Gasteiger partial charge is 0.375 e. The molecule has 3 aromatic heterocycles. The molecule has 1 atom stereocenters. The van der Waals surface area contributed by atoms with Crippen LogP contribution in [-0.4, -0.2) is 66.0 Å². The second-order valence-electron chi connectivity index (χ2n) is 12.7. The minimum atomic E-state index is -0.688. The third kappa shape index (κ3) is 6.32. The van der Waals surface area contributed by atoms with Crippen molar-refractivity contribution in [2.45, 2.75) is 52.7 Å². The summed E-state index contributed by atoms with van der Waals surface area (Å²) in [7, 11) is 0. The highest BCUT2D eigenvalue weighted by Crippen LogP contribution is 2.40. The fraction of sp³-hybridized carbons (Fsp3) is 0.441. The van der Waals surface area contributed by atoms with E-state index < -0.39 is 11.6 Å². The number of halogens is 2. The molecule has 2 aliphatic heterocycles. The number of hydrogen-bond acceptors (Lipinski definition) is 8. The summed E-state index contributed by atoms with van der Waals surface area (Å²) in [5.41, 5.74) is 3.88. The van der Waals surface area contributed by atoms with Gasteiger partial charge in [-0.15, -0.1) is 0 Å².